The van der Waals surface area contributed by atoms with E-state index in [-0.39, 0.29) is 0 Å². The number of hydrogen-bond donors (Lipinski definition) is 3. The Morgan fingerprint density at radius 2 is 1.78 bits per heavy atom. The molecule has 0 spiro atoms. The first kappa shape index (κ1) is 23.1. The molecule has 3 N–H and O–H groups in total. The number of ether oxygens (including phenoxy) is 4. The standard InChI is InChI=1S/C24H32N4O4/c1-6-32-21-10-9-17(13-23(21)31-5)28-24(25-2)26-11-7-8-16-12-19-20(27-16)14-18(29-3)15-22(19)30-4/h9-10,12-15,27H,6-8,11H2,1-5H3,(H2,25,26,28). The van der Waals surface area contributed by atoms with E-state index in [0.717, 1.165) is 58.9 Å². The molecule has 8 nitrogen and oxygen atoms in total. The number of aromatic amines is 1. The van der Waals surface area contributed by atoms with Crippen molar-refractivity contribution < 1.29 is 18.9 Å². The van der Waals surface area contributed by atoms with Gasteiger partial charge in [0.2, 0.25) is 0 Å². The summed E-state index contributed by atoms with van der Waals surface area (Å²) in [7, 11) is 6.70. The lowest BCUT2D eigenvalue weighted by Gasteiger charge is -2.14. The van der Waals surface area contributed by atoms with Crippen LogP contribution >= 0.6 is 0 Å². The van der Waals surface area contributed by atoms with E-state index < -0.39 is 0 Å². The van der Waals surface area contributed by atoms with Crippen LogP contribution in [-0.4, -0.2) is 52.5 Å². The number of guanidine groups is 1. The molecule has 2 aromatic carbocycles. The Balaban J connectivity index is 1.55. The first-order valence-electron chi connectivity index (χ1n) is 10.6. The van der Waals surface area contributed by atoms with Crippen molar-refractivity contribution in [1.82, 2.24) is 10.3 Å². The average Bonchev–Trinajstić information content (AvgIpc) is 3.24. The van der Waals surface area contributed by atoms with Gasteiger partial charge in [-0.2, -0.15) is 0 Å². The predicted octanol–water partition coefficient (Wildman–Crippen LogP) is 4.21. The number of hydrogen-bond acceptors (Lipinski definition) is 5. The van der Waals surface area contributed by atoms with Crippen molar-refractivity contribution in [3.63, 3.8) is 0 Å². The molecule has 0 saturated heterocycles. The third-order valence-corrected chi connectivity index (χ3v) is 5.05. The van der Waals surface area contributed by atoms with E-state index in [1.807, 2.05) is 37.3 Å². The quantitative estimate of drug-likeness (QED) is 0.249. The molecule has 172 valence electrons. The second-order valence-corrected chi connectivity index (χ2v) is 7.11. The van der Waals surface area contributed by atoms with Crippen molar-refractivity contribution in [3.05, 3.63) is 42.1 Å². The van der Waals surface area contributed by atoms with E-state index in [4.69, 9.17) is 18.9 Å². The van der Waals surface area contributed by atoms with Crippen LogP contribution in [0.1, 0.15) is 19.0 Å². The fraction of sp³-hybridized carbons (Fsp3) is 0.375. The first-order chi connectivity index (χ1) is 15.6. The molecule has 1 aromatic heterocycles. The smallest absolute Gasteiger partial charge is 0.195 e. The van der Waals surface area contributed by atoms with Gasteiger partial charge in [-0.05, 0) is 38.0 Å². The number of aliphatic imine (C=N–C) groups is 1. The summed E-state index contributed by atoms with van der Waals surface area (Å²) in [6.45, 7) is 3.30. The molecule has 3 rings (SSSR count). The maximum absolute atomic E-state index is 5.57. The van der Waals surface area contributed by atoms with Crippen molar-refractivity contribution in [2.75, 3.05) is 46.8 Å². The zero-order chi connectivity index (χ0) is 22.9. The van der Waals surface area contributed by atoms with Crippen LogP contribution in [0.3, 0.4) is 0 Å². The first-order valence-corrected chi connectivity index (χ1v) is 10.6. The fourth-order valence-corrected chi connectivity index (χ4v) is 3.48. The van der Waals surface area contributed by atoms with Gasteiger partial charge in [0.1, 0.15) is 11.5 Å². The van der Waals surface area contributed by atoms with Gasteiger partial charge in [-0.25, -0.2) is 0 Å². The number of nitrogens with zero attached hydrogens (tertiary/aromatic N) is 1. The molecule has 0 bridgehead atoms. The number of aromatic nitrogens is 1. The topological polar surface area (TPSA) is 89.1 Å². The number of methoxy groups -OCH3 is 3. The normalized spacial score (nSPS) is 11.3. The summed E-state index contributed by atoms with van der Waals surface area (Å²) in [6, 6.07) is 11.7. The van der Waals surface area contributed by atoms with Crippen LogP contribution in [0.25, 0.3) is 10.9 Å². The molecule has 0 amide bonds. The second-order valence-electron chi connectivity index (χ2n) is 7.11. The number of aryl methyl sites for hydroxylation is 1. The molecule has 0 aliphatic carbocycles. The maximum atomic E-state index is 5.57. The molecule has 0 unspecified atom stereocenters. The number of benzene rings is 2. The third kappa shape index (κ3) is 5.57. The van der Waals surface area contributed by atoms with Crippen LogP contribution in [0.15, 0.2) is 41.4 Å². The van der Waals surface area contributed by atoms with Crippen LogP contribution in [0.4, 0.5) is 5.69 Å². The minimum atomic E-state index is 0.586. The molecule has 0 aliphatic heterocycles. The van der Waals surface area contributed by atoms with Crippen LogP contribution in [0.5, 0.6) is 23.0 Å². The number of fused-ring (bicyclic) bond motifs is 1. The number of H-pyrrole nitrogens is 1. The molecule has 0 radical (unpaired) electrons. The second kappa shape index (κ2) is 11.2. The van der Waals surface area contributed by atoms with E-state index in [1.165, 1.54) is 0 Å². The van der Waals surface area contributed by atoms with Gasteiger partial charge in [0.15, 0.2) is 17.5 Å². The molecule has 32 heavy (non-hydrogen) atoms. The SMILES string of the molecule is CCOc1ccc(NC(=NC)NCCCc2cc3c(OC)cc(OC)cc3[nH]2)cc1OC. The van der Waals surface area contributed by atoms with Gasteiger partial charge in [-0.15, -0.1) is 0 Å². The van der Waals surface area contributed by atoms with Crippen LogP contribution in [0, 0.1) is 0 Å². The summed E-state index contributed by atoms with van der Waals surface area (Å²) in [5.41, 5.74) is 3.02. The van der Waals surface area contributed by atoms with Crippen molar-refractivity contribution in [1.29, 1.82) is 0 Å². The van der Waals surface area contributed by atoms with Crippen LogP contribution in [-0.2, 0) is 6.42 Å². The highest BCUT2D eigenvalue weighted by molar-refractivity contribution is 5.93. The lowest BCUT2D eigenvalue weighted by atomic mass is 10.2. The lowest BCUT2D eigenvalue weighted by molar-refractivity contribution is 0.311. The minimum Gasteiger partial charge on any atom is -0.497 e. The molecular weight excluding hydrogens is 408 g/mol. The maximum Gasteiger partial charge on any atom is 0.195 e. The molecule has 0 saturated carbocycles. The average molecular weight is 441 g/mol. The fourth-order valence-electron chi connectivity index (χ4n) is 3.48. The monoisotopic (exact) mass is 440 g/mol. The van der Waals surface area contributed by atoms with E-state index in [0.29, 0.717) is 18.3 Å². The molecule has 1 heterocycles. The zero-order valence-electron chi connectivity index (χ0n) is 19.4. The highest BCUT2D eigenvalue weighted by Gasteiger charge is 2.10. The van der Waals surface area contributed by atoms with Gasteiger partial charge < -0.3 is 34.6 Å². The van der Waals surface area contributed by atoms with Gasteiger partial charge in [-0.1, -0.05) is 0 Å². The van der Waals surface area contributed by atoms with Crippen molar-refractivity contribution >= 4 is 22.5 Å². The predicted molar refractivity (Wildman–Crippen MR) is 129 cm³/mol. The van der Waals surface area contributed by atoms with Crippen molar-refractivity contribution in [2.45, 2.75) is 19.8 Å². The highest BCUT2D eigenvalue weighted by Crippen LogP contribution is 2.32. The van der Waals surface area contributed by atoms with Gasteiger partial charge in [-0.3, -0.25) is 4.99 Å². The molecule has 0 aliphatic rings. The van der Waals surface area contributed by atoms with Gasteiger partial charge in [0.25, 0.3) is 0 Å². The summed E-state index contributed by atoms with van der Waals surface area (Å²) in [6.07, 6.45) is 1.82. The number of anilines is 1. The van der Waals surface area contributed by atoms with Gasteiger partial charge >= 0.3 is 0 Å². The molecule has 3 aromatic rings. The third-order valence-electron chi connectivity index (χ3n) is 5.05. The van der Waals surface area contributed by atoms with Gasteiger partial charge in [0, 0.05) is 48.6 Å². The molecule has 8 heteroatoms. The summed E-state index contributed by atoms with van der Waals surface area (Å²) in [5.74, 6) is 3.66. The highest BCUT2D eigenvalue weighted by atomic mass is 16.5. The number of rotatable bonds is 10. The zero-order valence-corrected chi connectivity index (χ0v) is 19.4. The Labute approximate surface area is 188 Å². The van der Waals surface area contributed by atoms with Crippen molar-refractivity contribution in [3.8, 4) is 23.0 Å². The Morgan fingerprint density at radius 1 is 0.969 bits per heavy atom. The summed E-state index contributed by atoms with van der Waals surface area (Å²) < 4.78 is 21.8. The Hall–Kier alpha value is -3.55. The van der Waals surface area contributed by atoms with Crippen LogP contribution < -0.4 is 29.6 Å². The summed E-state index contributed by atoms with van der Waals surface area (Å²) >= 11 is 0. The Morgan fingerprint density at radius 3 is 2.47 bits per heavy atom. The molecule has 0 fully saturated rings. The summed E-state index contributed by atoms with van der Waals surface area (Å²) in [5, 5.41) is 7.69. The van der Waals surface area contributed by atoms with Gasteiger partial charge in [0.05, 0.1) is 33.5 Å². The summed E-state index contributed by atoms with van der Waals surface area (Å²) in [4.78, 5) is 7.76. The van der Waals surface area contributed by atoms with E-state index in [9.17, 15) is 0 Å². The van der Waals surface area contributed by atoms with E-state index >= 15 is 0 Å². The Kier molecular flexibility index (Phi) is 8.08. The lowest BCUT2D eigenvalue weighted by Crippen LogP contribution is -2.31. The Bertz CT molecular complexity index is 1060. The minimum absolute atomic E-state index is 0.586. The molecular formula is C24H32N4O4. The number of nitrogens with one attached hydrogen (secondary N) is 3. The van der Waals surface area contributed by atoms with Crippen molar-refractivity contribution in [2.24, 2.45) is 4.99 Å². The van der Waals surface area contributed by atoms with E-state index in [1.54, 1.807) is 28.4 Å². The molecule has 0 atom stereocenters. The largest absolute Gasteiger partial charge is 0.497 e. The van der Waals surface area contributed by atoms with Crippen LogP contribution in [0.2, 0.25) is 0 Å². The van der Waals surface area contributed by atoms with E-state index in [2.05, 4.69) is 26.7 Å².